The summed E-state index contributed by atoms with van der Waals surface area (Å²) in [5.41, 5.74) is 4.25. The number of para-hydroxylation sites is 1. The molecule has 0 spiro atoms. The van der Waals surface area contributed by atoms with Gasteiger partial charge in [-0.15, -0.1) is 5.10 Å². The molecular formula is C12H13N7. The average Bonchev–Trinajstić information content (AvgIpc) is 2.90. The zero-order chi connectivity index (χ0) is 13.2. The number of aryl methyl sites for hydroxylation is 1. The Morgan fingerprint density at radius 2 is 2.11 bits per heavy atom. The molecule has 3 aromatic rings. The molecule has 0 aliphatic carbocycles. The van der Waals surface area contributed by atoms with Crippen molar-refractivity contribution in [2.24, 2.45) is 5.84 Å². The van der Waals surface area contributed by atoms with Crippen LogP contribution in [0.2, 0.25) is 0 Å². The molecule has 0 fully saturated rings. The number of benzene rings is 1. The Hall–Kier alpha value is -2.54. The maximum Gasteiger partial charge on any atom is 0.161 e. The highest BCUT2D eigenvalue weighted by atomic mass is 15.4. The molecule has 3 rings (SSSR count). The van der Waals surface area contributed by atoms with Crippen molar-refractivity contribution in [2.75, 3.05) is 5.43 Å². The van der Waals surface area contributed by atoms with Crippen LogP contribution in [0.5, 0.6) is 0 Å². The van der Waals surface area contributed by atoms with Crippen molar-refractivity contribution in [1.29, 1.82) is 0 Å². The molecular weight excluding hydrogens is 242 g/mol. The fourth-order valence-electron chi connectivity index (χ4n) is 1.86. The van der Waals surface area contributed by atoms with Crippen LogP contribution in [0.3, 0.4) is 0 Å². The van der Waals surface area contributed by atoms with E-state index in [1.54, 1.807) is 10.7 Å². The number of anilines is 1. The topological polar surface area (TPSA) is 94.5 Å². The maximum absolute atomic E-state index is 5.42. The third-order valence-electron chi connectivity index (χ3n) is 2.79. The maximum atomic E-state index is 5.42. The Morgan fingerprint density at radius 3 is 2.89 bits per heavy atom. The number of hydrazine groups is 1. The van der Waals surface area contributed by atoms with Crippen LogP contribution in [-0.2, 0) is 6.42 Å². The molecule has 3 N–H and O–H groups in total. The first-order valence-electron chi connectivity index (χ1n) is 5.97. The van der Waals surface area contributed by atoms with Gasteiger partial charge < -0.3 is 5.43 Å². The van der Waals surface area contributed by atoms with Gasteiger partial charge in [-0.3, -0.25) is 0 Å². The first-order chi connectivity index (χ1) is 9.31. The number of nitrogens with zero attached hydrogens (tertiary/aromatic N) is 5. The minimum absolute atomic E-state index is 0.557. The molecule has 7 nitrogen and oxygen atoms in total. The Kier molecular flexibility index (Phi) is 2.81. The van der Waals surface area contributed by atoms with E-state index in [4.69, 9.17) is 5.84 Å². The fourth-order valence-corrected chi connectivity index (χ4v) is 1.86. The molecule has 0 aliphatic rings. The molecule has 0 unspecified atom stereocenters. The second kappa shape index (κ2) is 4.62. The van der Waals surface area contributed by atoms with Crippen LogP contribution >= 0.6 is 0 Å². The third-order valence-corrected chi connectivity index (χ3v) is 2.79. The van der Waals surface area contributed by atoms with E-state index in [9.17, 15) is 0 Å². The lowest BCUT2D eigenvalue weighted by Gasteiger charge is -2.06. The van der Waals surface area contributed by atoms with Gasteiger partial charge in [-0.05, 0) is 12.1 Å². The molecule has 0 atom stereocenters. The number of hydrogen-bond acceptors (Lipinski definition) is 6. The van der Waals surface area contributed by atoms with Crippen molar-refractivity contribution in [1.82, 2.24) is 25.0 Å². The smallest absolute Gasteiger partial charge is 0.161 e. The van der Waals surface area contributed by atoms with Gasteiger partial charge in [0.1, 0.15) is 17.2 Å². The van der Waals surface area contributed by atoms with Crippen LogP contribution in [-0.4, -0.2) is 25.0 Å². The monoisotopic (exact) mass is 255 g/mol. The number of fused-ring (bicyclic) bond motifs is 1. The van der Waals surface area contributed by atoms with E-state index >= 15 is 0 Å². The highest BCUT2D eigenvalue weighted by Gasteiger charge is 2.09. The summed E-state index contributed by atoms with van der Waals surface area (Å²) in [4.78, 5) is 8.70. The number of nitrogens with one attached hydrogen (secondary N) is 1. The summed E-state index contributed by atoms with van der Waals surface area (Å²) >= 11 is 0. The molecule has 2 heterocycles. The van der Waals surface area contributed by atoms with Crippen LogP contribution in [0.15, 0.2) is 30.3 Å². The lowest BCUT2D eigenvalue weighted by Crippen LogP contribution is -2.12. The lowest BCUT2D eigenvalue weighted by molar-refractivity contribution is 0.782. The minimum Gasteiger partial charge on any atom is -0.308 e. The molecule has 0 saturated carbocycles. The average molecular weight is 255 g/mol. The zero-order valence-electron chi connectivity index (χ0n) is 10.4. The molecule has 1 aromatic carbocycles. The quantitative estimate of drug-likeness (QED) is 0.536. The summed E-state index contributed by atoms with van der Waals surface area (Å²) in [6.07, 6.45) is 0.717. The van der Waals surface area contributed by atoms with Crippen molar-refractivity contribution in [3.05, 3.63) is 36.2 Å². The van der Waals surface area contributed by atoms with Crippen LogP contribution in [0.1, 0.15) is 12.7 Å². The lowest BCUT2D eigenvalue weighted by atomic mass is 10.3. The largest absolute Gasteiger partial charge is 0.308 e. The molecule has 0 radical (unpaired) electrons. The number of rotatable bonds is 3. The number of nitrogen functional groups attached to an aromatic ring is 1. The van der Waals surface area contributed by atoms with Gasteiger partial charge in [-0.2, -0.15) is 4.68 Å². The van der Waals surface area contributed by atoms with Gasteiger partial charge in [0.15, 0.2) is 5.82 Å². The first kappa shape index (κ1) is 11.5. The normalized spacial score (nSPS) is 10.8. The minimum atomic E-state index is 0.557. The van der Waals surface area contributed by atoms with Gasteiger partial charge in [0.2, 0.25) is 0 Å². The van der Waals surface area contributed by atoms with Crippen LogP contribution in [0.4, 0.5) is 5.82 Å². The molecule has 0 amide bonds. The fraction of sp³-hybridized carbons (Fsp3) is 0.167. The van der Waals surface area contributed by atoms with Crippen molar-refractivity contribution >= 4 is 16.9 Å². The van der Waals surface area contributed by atoms with E-state index in [1.165, 1.54) is 0 Å². The highest BCUT2D eigenvalue weighted by molar-refractivity contribution is 5.75. The van der Waals surface area contributed by atoms with Gasteiger partial charge in [0, 0.05) is 12.5 Å². The van der Waals surface area contributed by atoms with Gasteiger partial charge in [-0.25, -0.2) is 15.8 Å². The van der Waals surface area contributed by atoms with Crippen molar-refractivity contribution in [2.45, 2.75) is 13.3 Å². The molecule has 0 saturated heterocycles. The molecule has 96 valence electrons. The van der Waals surface area contributed by atoms with Gasteiger partial charge in [-0.1, -0.05) is 24.3 Å². The summed E-state index contributed by atoms with van der Waals surface area (Å²) in [7, 11) is 0. The predicted octanol–water partition coefficient (Wildman–Crippen LogP) is 1.06. The van der Waals surface area contributed by atoms with E-state index in [2.05, 4.69) is 25.7 Å². The SMILES string of the molecule is CCc1nc(NN)cc(-n2nnc3ccccc32)n1. The first-order valence-corrected chi connectivity index (χ1v) is 5.97. The second-order valence-corrected chi connectivity index (χ2v) is 4.02. The summed E-state index contributed by atoms with van der Waals surface area (Å²) in [6.45, 7) is 1.98. The van der Waals surface area contributed by atoms with Crippen molar-refractivity contribution < 1.29 is 0 Å². The summed E-state index contributed by atoms with van der Waals surface area (Å²) in [5, 5.41) is 8.23. The number of aromatic nitrogens is 5. The van der Waals surface area contributed by atoms with Gasteiger partial charge in [0.05, 0.1) is 5.52 Å². The Balaban J connectivity index is 2.20. The van der Waals surface area contributed by atoms with Crippen LogP contribution in [0, 0.1) is 0 Å². The highest BCUT2D eigenvalue weighted by Crippen LogP contribution is 2.16. The molecule has 7 heteroatoms. The number of nitrogens with two attached hydrogens (primary N) is 1. The summed E-state index contributed by atoms with van der Waals surface area (Å²) < 4.78 is 1.68. The Morgan fingerprint density at radius 1 is 1.26 bits per heavy atom. The second-order valence-electron chi connectivity index (χ2n) is 4.02. The van der Waals surface area contributed by atoms with E-state index in [0.29, 0.717) is 17.5 Å². The molecule has 0 bridgehead atoms. The van der Waals surface area contributed by atoms with Crippen molar-refractivity contribution in [3.8, 4) is 5.82 Å². The molecule has 2 aromatic heterocycles. The molecule has 19 heavy (non-hydrogen) atoms. The Labute approximate surface area is 109 Å². The van der Waals surface area contributed by atoms with Crippen molar-refractivity contribution in [3.63, 3.8) is 0 Å². The molecule has 0 aliphatic heterocycles. The predicted molar refractivity (Wildman–Crippen MR) is 71.6 cm³/mol. The van der Waals surface area contributed by atoms with Crippen LogP contribution < -0.4 is 11.3 Å². The zero-order valence-corrected chi connectivity index (χ0v) is 10.4. The summed E-state index contributed by atoms with van der Waals surface area (Å²) in [6, 6.07) is 9.44. The standard InChI is InChI=1S/C12H13N7/c1-2-10-14-11(16-13)7-12(15-10)19-9-6-4-3-5-8(9)17-18-19/h3-7H,2,13H2,1H3,(H,14,15,16). The van der Waals surface area contributed by atoms with Gasteiger partial charge in [0.25, 0.3) is 0 Å². The van der Waals surface area contributed by atoms with Crippen LogP contribution in [0.25, 0.3) is 16.9 Å². The number of hydrogen-bond donors (Lipinski definition) is 2. The third kappa shape index (κ3) is 2.00. The van der Waals surface area contributed by atoms with E-state index in [0.717, 1.165) is 17.5 Å². The van der Waals surface area contributed by atoms with E-state index < -0.39 is 0 Å². The van der Waals surface area contributed by atoms with Gasteiger partial charge >= 0.3 is 0 Å². The Bertz CT molecular complexity index is 697. The van der Waals surface area contributed by atoms with E-state index in [-0.39, 0.29) is 0 Å². The van der Waals surface area contributed by atoms with E-state index in [1.807, 2.05) is 31.2 Å². The summed E-state index contributed by atoms with van der Waals surface area (Å²) in [5.74, 6) is 7.33.